The highest BCUT2D eigenvalue weighted by Crippen LogP contribution is 2.35. The molecule has 2 bridgehead atoms. The summed E-state index contributed by atoms with van der Waals surface area (Å²) in [4.78, 5) is 40.3. The van der Waals surface area contributed by atoms with Crippen LogP contribution in [0.3, 0.4) is 0 Å². The van der Waals surface area contributed by atoms with Crippen LogP contribution >= 0.6 is 0 Å². The predicted octanol–water partition coefficient (Wildman–Crippen LogP) is 3.26. The molecule has 170 valence electrons. The Kier molecular flexibility index (Phi) is 6.09. The van der Waals surface area contributed by atoms with Crippen LogP contribution in [-0.4, -0.2) is 40.5 Å². The molecular formula is C25H32N4O3. The van der Waals surface area contributed by atoms with Gasteiger partial charge >= 0.3 is 6.03 Å². The Morgan fingerprint density at radius 3 is 2.53 bits per heavy atom. The monoisotopic (exact) mass is 436 g/mol. The molecule has 3 atom stereocenters. The van der Waals surface area contributed by atoms with E-state index in [1.54, 1.807) is 17.0 Å². The van der Waals surface area contributed by atoms with Gasteiger partial charge in [-0.2, -0.15) is 0 Å². The third-order valence-corrected chi connectivity index (χ3v) is 6.86. The van der Waals surface area contributed by atoms with Gasteiger partial charge in [-0.25, -0.2) is 4.79 Å². The van der Waals surface area contributed by atoms with Crippen molar-refractivity contribution in [2.45, 2.75) is 52.6 Å². The summed E-state index contributed by atoms with van der Waals surface area (Å²) in [5, 5.41) is 5.96. The van der Waals surface area contributed by atoms with Crippen LogP contribution in [0.25, 0.3) is 0 Å². The molecule has 7 heteroatoms. The largest absolute Gasteiger partial charge is 0.326 e. The summed E-state index contributed by atoms with van der Waals surface area (Å²) in [6, 6.07) is 10.3. The van der Waals surface area contributed by atoms with E-state index in [0.29, 0.717) is 19.6 Å². The number of nitrogens with zero attached hydrogens (tertiary/aromatic N) is 2. The summed E-state index contributed by atoms with van der Waals surface area (Å²) >= 11 is 0. The van der Waals surface area contributed by atoms with E-state index in [9.17, 15) is 14.4 Å². The number of aromatic nitrogens is 1. The van der Waals surface area contributed by atoms with Crippen molar-refractivity contribution in [1.29, 1.82) is 0 Å². The Hall–Kier alpha value is -3.09. The fraction of sp³-hybridized carbons (Fsp3) is 0.480. The van der Waals surface area contributed by atoms with Crippen molar-refractivity contribution < 1.29 is 9.59 Å². The maximum Gasteiger partial charge on any atom is 0.318 e. The van der Waals surface area contributed by atoms with E-state index >= 15 is 0 Å². The number of carbonyl (C=O) groups excluding carboxylic acids is 2. The van der Waals surface area contributed by atoms with Gasteiger partial charge in [0.15, 0.2) is 0 Å². The molecule has 1 aromatic carbocycles. The Labute approximate surface area is 188 Å². The number of piperidine rings is 1. The van der Waals surface area contributed by atoms with E-state index < -0.39 is 6.04 Å². The van der Waals surface area contributed by atoms with Gasteiger partial charge in [0.1, 0.15) is 6.04 Å². The van der Waals surface area contributed by atoms with Crippen molar-refractivity contribution in [3.8, 4) is 0 Å². The number of fused-ring (bicyclic) bond motifs is 4. The number of carbonyl (C=O) groups is 2. The fourth-order valence-electron chi connectivity index (χ4n) is 4.92. The molecule has 2 aromatic rings. The zero-order valence-electron chi connectivity index (χ0n) is 19.2. The zero-order valence-corrected chi connectivity index (χ0v) is 19.2. The van der Waals surface area contributed by atoms with E-state index in [4.69, 9.17) is 0 Å². The highest BCUT2D eigenvalue weighted by atomic mass is 16.2. The first kappa shape index (κ1) is 22.1. The van der Waals surface area contributed by atoms with E-state index in [2.05, 4.69) is 10.6 Å². The van der Waals surface area contributed by atoms with Gasteiger partial charge in [-0.15, -0.1) is 0 Å². The summed E-state index contributed by atoms with van der Waals surface area (Å²) in [6.45, 7) is 9.62. The van der Waals surface area contributed by atoms with Gasteiger partial charge in [-0.3, -0.25) is 9.59 Å². The van der Waals surface area contributed by atoms with Gasteiger partial charge < -0.3 is 20.1 Å². The van der Waals surface area contributed by atoms with Crippen molar-refractivity contribution in [2.24, 2.45) is 11.8 Å². The molecule has 7 nitrogen and oxygen atoms in total. The standard InChI is InChI=1S/C25H32N4O3/c1-15(2)23(24(31)26-20-8-5-7-16(3)17(20)4)27-25(32)28-12-18-11-19(14-28)21-9-6-10-22(30)29(21)13-18/h5-10,15,18-19,23H,11-14H2,1-4H3,(H,26,31)(H,27,32). The third-order valence-electron chi connectivity index (χ3n) is 6.86. The number of aryl methyl sites for hydroxylation is 1. The molecule has 4 rings (SSSR count). The number of hydrogen-bond acceptors (Lipinski definition) is 3. The zero-order chi connectivity index (χ0) is 23.0. The quantitative estimate of drug-likeness (QED) is 0.772. The second-order valence-corrected chi connectivity index (χ2v) is 9.51. The lowest BCUT2D eigenvalue weighted by atomic mass is 9.83. The van der Waals surface area contributed by atoms with E-state index in [1.807, 2.05) is 56.5 Å². The molecule has 2 N–H and O–H groups in total. The van der Waals surface area contributed by atoms with Crippen molar-refractivity contribution in [1.82, 2.24) is 14.8 Å². The fourth-order valence-corrected chi connectivity index (χ4v) is 4.92. The molecule has 3 amide bonds. The van der Waals surface area contributed by atoms with E-state index in [1.165, 1.54) is 0 Å². The smallest absolute Gasteiger partial charge is 0.318 e. The van der Waals surface area contributed by atoms with Gasteiger partial charge in [-0.05, 0) is 55.4 Å². The lowest BCUT2D eigenvalue weighted by molar-refractivity contribution is -0.118. The van der Waals surface area contributed by atoms with Gasteiger partial charge in [-0.1, -0.05) is 32.0 Å². The molecule has 0 saturated carbocycles. The summed E-state index contributed by atoms with van der Waals surface area (Å²) in [6.07, 6.45) is 0.980. The lowest BCUT2D eigenvalue weighted by Gasteiger charge is -2.43. The highest BCUT2D eigenvalue weighted by molar-refractivity contribution is 5.97. The molecule has 1 aromatic heterocycles. The first-order valence-electron chi connectivity index (χ1n) is 11.4. The van der Waals surface area contributed by atoms with Crippen molar-refractivity contribution in [3.05, 3.63) is 63.6 Å². The molecule has 2 aliphatic heterocycles. The van der Waals surface area contributed by atoms with Crippen molar-refractivity contribution in [3.63, 3.8) is 0 Å². The molecular weight excluding hydrogens is 404 g/mol. The summed E-state index contributed by atoms with van der Waals surface area (Å²) in [5.41, 5.74) is 3.92. The van der Waals surface area contributed by atoms with Gasteiger partial charge in [0.2, 0.25) is 5.91 Å². The predicted molar refractivity (Wildman–Crippen MR) is 125 cm³/mol. The van der Waals surface area contributed by atoms with Crippen LogP contribution < -0.4 is 16.2 Å². The summed E-state index contributed by atoms with van der Waals surface area (Å²) in [7, 11) is 0. The molecule has 1 fully saturated rings. The normalized spacial score (nSPS) is 20.5. The maximum atomic E-state index is 13.2. The minimum atomic E-state index is -0.640. The molecule has 3 heterocycles. The number of hydrogen-bond donors (Lipinski definition) is 2. The van der Waals surface area contributed by atoms with Gasteiger partial charge in [0, 0.05) is 43.0 Å². The van der Waals surface area contributed by atoms with Gasteiger partial charge in [0.05, 0.1) is 0 Å². The number of anilines is 1. The number of likely N-dealkylation sites (tertiary alicyclic amines) is 1. The Bertz CT molecular complexity index is 1090. The van der Waals surface area contributed by atoms with E-state index in [-0.39, 0.29) is 35.3 Å². The second-order valence-electron chi connectivity index (χ2n) is 9.51. The van der Waals surface area contributed by atoms with Crippen molar-refractivity contribution in [2.75, 3.05) is 18.4 Å². The molecule has 0 aliphatic carbocycles. The lowest BCUT2D eigenvalue weighted by Crippen LogP contribution is -2.56. The Balaban J connectivity index is 1.46. The minimum absolute atomic E-state index is 0.0260. The summed E-state index contributed by atoms with van der Waals surface area (Å²) < 4.78 is 1.85. The first-order valence-corrected chi connectivity index (χ1v) is 11.4. The number of amides is 3. The maximum absolute atomic E-state index is 13.2. The van der Waals surface area contributed by atoms with Crippen molar-refractivity contribution >= 4 is 17.6 Å². The average molecular weight is 437 g/mol. The number of benzene rings is 1. The molecule has 0 radical (unpaired) electrons. The Morgan fingerprint density at radius 1 is 1.03 bits per heavy atom. The molecule has 32 heavy (non-hydrogen) atoms. The van der Waals surface area contributed by atoms with Crippen LogP contribution in [0.1, 0.15) is 43.0 Å². The summed E-state index contributed by atoms with van der Waals surface area (Å²) in [5.74, 6) is 0.112. The molecule has 2 aliphatic rings. The van der Waals surface area contributed by atoms with Gasteiger partial charge in [0.25, 0.3) is 5.56 Å². The minimum Gasteiger partial charge on any atom is -0.326 e. The third kappa shape index (κ3) is 4.29. The Morgan fingerprint density at radius 2 is 1.78 bits per heavy atom. The van der Waals surface area contributed by atoms with Crippen LogP contribution in [-0.2, 0) is 11.3 Å². The van der Waals surface area contributed by atoms with E-state index in [0.717, 1.165) is 28.9 Å². The van der Waals surface area contributed by atoms with Crippen LogP contribution in [0.15, 0.2) is 41.2 Å². The number of pyridine rings is 1. The second kappa shape index (κ2) is 8.81. The highest BCUT2D eigenvalue weighted by Gasteiger charge is 2.37. The van der Waals surface area contributed by atoms with Crippen LogP contribution in [0.2, 0.25) is 0 Å². The molecule has 0 spiro atoms. The number of urea groups is 1. The van der Waals surface area contributed by atoms with Crippen LogP contribution in [0, 0.1) is 25.7 Å². The number of nitrogens with one attached hydrogen (secondary N) is 2. The topological polar surface area (TPSA) is 83.4 Å². The van der Waals surface area contributed by atoms with Crippen LogP contribution in [0.5, 0.6) is 0 Å². The first-order chi connectivity index (χ1) is 15.2. The molecule has 3 unspecified atom stereocenters. The average Bonchev–Trinajstić information content (AvgIpc) is 2.75. The van der Waals surface area contributed by atoms with Crippen LogP contribution in [0.4, 0.5) is 10.5 Å². The number of rotatable bonds is 4. The SMILES string of the molecule is Cc1cccc(NC(=O)C(NC(=O)N2CC3CC(C2)c2cccc(=O)n2C3)C(C)C)c1C. The molecule has 1 saturated heterocycles.